The third kappa shape index (κ3) is 3.96. The number of ether oxygens (including phenoxy) is 1. The Morgan fingerprint density at radius 3 is 2.79 bits per heavy atom. The summed E-state index contributed by atoms with van der Waals surface area (Å²) in [6.45, 7) is 3.48. The van der Waals surface area contributed by atoms with E-state index in [2.05, 4.69) is 31.3 Å². The molecule has 8 heteroatoms. The van der Waals surface area contributed by atoms with Crippen molar-refractivity contribution in [2.45, 2.75) is 13.3 Å². The molecule has 0 saturated heterocycles. The lowest BCUT2D eigenvalue weighted by Gasteiger charge is -2.14. The number of hydrogen-bond acceptors (Lipinski definition) is 7. The maximum Gasteiger partial charge on any atom is 0.322 e. The monoisotopic (exact) mass is 378 g/mol. The Labute approximate surface area is 161 Å². The van der Waals surface area contributed by atoms with Gasteiger partial charge in [-0.25, -0.2) is 24.3 Å². The van der Waals surface area contributed by atoms with Gasteiger partial charge in [0.2, 0.25) is 0 Å². The fraction of sp³-hybridized carbons (Fsp3) is 0.200. The molecule has 1 aliphatic heterocycles. The first kappa shape index (κ1) is 18.0. The molecular weight excluding hydrogens is 359 g/mol. The lowest BCUT2D eigenvalue weighted by molar-refractivity contribution is 0.410. The number of nitrogens with two attached hydrogens (primary N) is 1. The van der Waals surface area contributed by atoms with Crippen LogP contribution < -0.4 is 15.8 Å². The number of nitrogens with zero attached hydrogens (tertiary/aromatic N) is 4. The van der Waals surface area contributed by atoms with Crippen molar-refractivity contribution in [2.24, 2.45) is 0 Å². The van der Waals surface area contributed by atoms with E-state index in [4.69, 9.17) is 10.5 Å². The molecule has 0 fully saturated rings. The van der Waals surface area contributed by atoms with Crippen molar-refractivity contribution in [1.82, 2.24) is 25.3 Å². The maximum absolute atomic E-state index is 14.6. The maximum atomic E-state index is 14.6. The fourth-order valence-electron chi connectivity index (χ4n) is 2.91. The van der Waals surface area contributed by atoms with Gasteiger partial charge in [-0.2, -0.15) is 0 Å². The van der Waals surface area contributed by atoms with E-state index in [1.54, 1.807) is 31.3 Å². The zero-order chi connectivity index (χ0) is 19.5. The molecule has 1 aromatic carbocycles. The first-order valence-electron chi connectivity index (χ1n) is 8.90. The normalized spacial score (nSPS) is 13.9. The van der Waals surface area contributed by atoms with E-state index in [9.17, 15) is 4.39 Å². The van der Waals surface area contributed by atoms with Crippen molar-refractivity contribution < 1.29 is 9.13 Å². The molecule has 0 saturated carbocycles. The van der Waals surface area contributed by atoms with Gasteiger partial charge in [-0.3, -0.25) is 0 Å². The topological polar surface area (TPSA) is 98.8 Å². The largest absolute Gasteiger partial charge is 0.421 e. The number of rotatable bonds is 4. The molecule has 28 heavy (non-hydrogen) atoms. The van der Waals surface area contributed by atoms with Gasteiger partial charge in [0.25, 0.3) is 0 Å². The first-order chi connectivity index (χ1) is 13.6. The number of benzene rings is 1. The Balaban J connectivity index is 1.64. The third-order valence-corrected chi connectivity index (χ3v) is 4.30. The number of nitrogen functional groups attached to an aromatic ring is 1. The minimum Gasteiger partial charge on any atom is -0.421 e. The van der Waals surface area contributed by atoms with Crippen LogP contribution in [0.2, 0.25) is 0 Å². The van der Waals surface area contributed by atoms with Crippen LogP contribution in [0.5, 0.6) is 11.8 Å². The summed E-state index contributed by atoms with van der Waals surface area (Å²) < 4.78 is 20.0. The highest BCUT2D eigenvalue weighted by Crippen LogP contribution is 2.28. The molecule has 0 spiro atoms. The second-order valence-electron chi connectivity index (χ2n) is 6.41. The molecular formula is C20H19FN6O. The smallest absolute Gasteiger partial charge is 0.322 e. The molecule has 0 radical (unpaired) electrons. The Bertz CT molecular complexity index is 1050. The molecule has 0 atom stereocenters. The Morgan fingerprint density at radius 1 is 1.14 bits per heavy atom. The summed E-state index contributed by atoms with van der Waals surface area (Å²) in [5, 5.41) is 3.26. The molecule has 142 valence electrons. The van der Waals surface area contributed by atoms with E-state index in [-0.39, 0.29) is 11.8 Å². The van der Waals surface area contributed by atoms with Crippen LogP contribution in [0.1, 0.15) is 17.8 Å². The fourth-order valence-corrected chi connectivity index (χ4v) is 2.91. The van der Waals surface area contributed by atoms with Gasteiger partial charge in [-0.15, -0.1) is 0 Å². The minimum atomic E-state index is -0.559. The molecule has 2 aromatic heterocycles. The SMILES string of the molecule is Cc1ccnc(Oc2ccc(-c3nc(N)cc(C4=CCNCC4)n3)cc2F)n1. The van der Waals surface area contributed by atoms with Crippen LogP contribution in [0.25, 0.3) is 17.0 Å². The third-order valence-electron chi connectivity index (χ3n) is 4.30. The summed E-state index contributed by atoms with van der Waals surface area (Å²) >= 11 is 0. The van der Waals surface area contributed by atoms with Crippen molar-refractivity contribution >= 4 is 11.4 Å². The van der Waals surface area contributed by atoms with E-state index in [1.807, 2.05) is 0 Å². The van der Waals surface area contributed by atoms with Gasteiger partial charge in [-0.05, 0) is 49.7 Å². The minimum absolute atomic E-state index is 0.0274. The highest BCUT2D eigenvalue weighted by Gasteiger charge is 2.14. The number of hydrogen-bond donors (Lipinski definition) is 2. The summed E-state index contributed by atoms with van der Waals surface area (Å²) in [5.74, 6) is 0.177. The molecule has 0 aliphatic carbocycles. The van der Waals surface area contributed by atoms with Crippen molar-refractivity contribution in [2.75, 3.05) is 18.8 Å². The number of aryl methyl sites for hydroxylation is 1. The highest BCUT2D eigenvalue weighted by atomic mass is 19.1. The van der Waals surface area contributed by atoms with E-state index >= 15 is 0 Å². The molecule has 7 nitrogen and oxygen atoms in total. The van der Waals surface area contributed by atoms with Gasteiger partial charge in [0.05, 0.1) is 5.69 Å². The predicted octanol–water partition coefficient (Wildman–Crippen LogP) is 3.13. The molecule has 0 bridgehead atoms. The first-order valence-corrected chi connectivity index (χ1v) is 8.90. The number of nitrogens with one attached hydrogen (secondary N) is 1. The molecule has 3 aromatic rings. The van der Waals surface area contributed by atoms with Gasteiger partial charge in [-0.1, -0.05) is 6.08 Å². The molecule has 1 aliphatic rings. The second-order valence-corrected chi connectivity index (χ2v) is 6.41. The average Bonchev–Trinajstić information content (AvgIpc) is 2.70. The molecule has 4 rings (SSSR count). The second kappa shape index (κ2) is 7.69. The van der Waals surface area contributed by atoms with Crippen LogP contribution in [0.4, 0.5) is 10.2 Å². The number of aromatic nitrogens is 4. The lowest BCUT2D eigenvalue weighted by Crippen LogP contribution is -2.20. The van der Waals surface area contributed by atoms with Gasteiger partial charge in [0.1, 0.15) is 5.82 Å². The van der Waals surface area contributed by atoms with E-state index in [1.165, 1.54) is 12.1 Å². The van der Waals surface area contributed by atoms with E-state index in [0.717, 1.165) is 36.5 Å². The quantitative estimate of drug-likeness (QED) is 0.719. The Hall–Kier alpha value is -3.39. The molecule has 0 amide bonds. The lowest BCUT2D eigenvalue weighted by atomic mass is 10.1. The summed E-state index contributed by atoms with van der Waals surface area (Å²) in [6.07, 6.45) is 4.49. The van der Waals surface area contributed by atoms with Gasteiger partial charge in [0.15, 0.2) is 17.4 Å². The van der Waals surface area contributed by atoms with Crippen LogP contribution >= 0.6 is 0 Å². The van der Waals surface area contributed by atoms with Crippen LogP contribution in [-0.2, 0) is 0 Å². The Kier molecular flexibility index (Phi) is 4.94. The number of anilines is 1. The van der Waals surface area contributed by atoms with Crippen molar-refractivity contribution in [1.29, 1.82) is 0 Å². The molecule has 3 heterocycles. The van der Waals surface area contributed by atoms with Crippen LogP contribution in [0.15, 0.2) is 42.6 Å². The summed E-state index contributed by atoms with van der Waals surface area (Å²) in [7, 11) is 0. The van der Waals surface area contributed by atoms with Crippen molar-refractivity contribution in [3.63, 3.8) is 0 Å². The predicted molar refractivity (Wildman–Crippen MR) is 104 cm³/mol. The standard InChI is InChI=1S/C20H19FN6O/c1-12-4-9-24-20(25-12)28-17-3-2-14(10-15(17)21)19-26-16(11-18(22)27-19)13-5-7-23-8-6-13/h2-5,9-11,23H,6-8H2,1H3,(H2,22,26,27). The zero-order valence-electron chi connectivity index (χ0n) is 15.3. The van der Waals surface area contributed by atoms with Crippen LogP contribution in [-0.4, -0.2) is 33.0 Å². The Morgan fingerprint density at radius 2 is 2.04 bits per heavy atom. The number of halogens is 1. The average molecular weight is 378 g/mol. The van der Waals surface area contributed by atoms with E-state index in [0.29, 0.717) is 17.2 Å². The summed E-state index contributed by atoms with van der Waals surface area (Å²) in [5.41, 5.74) is 9.07. The highest BCUT2D eigenvalue weighted by molar-refractivity contribution is 5.68. The van der Waals surface area contributed by atoms with Gasteiger partial charge < -0.3 is 15.8 Å². The van der Waals surface area contributed by atoms with Crippen molar-refractivity contribution in [3.8, 4) is 23.1 Å². The summed E-state index contributed by atoms with van der Waals surface area (Å²) in [4.78, 5) is 16.9. The summed E-state index contributed by atoms with van der Waals surface area (Å²) in [6, 6.07) is 8.07. The van der Waals surface area contributed by atoms with E-state index < -0.39 is 5.82 Å². The van der Waals surface area contributed by atoms with Crippen LogP contribution in [0.3, 0.4) is 0 Å². The van der Waals surface area contributed by atoms with Crippen molar-refractivity contribution in [3.05, 3.63) is 59.8 Å². The van der Waals surface area contributed by atoms with Gasteiger partial charge in [0, 0.05) is 30.1 Å². The van der Waals surface area contributed by atoms with Gasteiger partial charge >= 0.3 is 6.01 Å². The van der Waals surface area contributed by atoms with Crippen LogP contribution in [0, 0.1) is 12.7 Å². The molecule has 3 N–H and O–H groups in total. The molecule has 0 unspecified atom stereocenters. The zero-order valence-corrected chi connectivity index (χ0v) is 15.3.